The Labute approximate surface area is 135 Å². The van der Waals surface area contributed by atoms with E-state index in [0.29, 0.717) is 17.7 Å². The second-order valence-corrected chi connectivity index (χ2v) is 6.20. The van der Waals surface area contributed by atoms with Crippen LogP contribution in [0.2, 0.25) is 0 Å². The Morgan fingerprint density at radius 2 is 1.91 bits per heavy atom. The van der Waals surface area contributed by atoms with Crippen LogP contribution < -0.4 is 10.9 Å². The monoisotopic (exact) mass is 308 g/mol. The number of rotatable bonds is 2. The molecule has 1 aromatic carbocycles. The van der Waals surface area contributed by atoms with E-state index in [9.17, 15) is 4.79 Å². The molecule has 0 radical (unpaired) electrons. The van der Waals surface area contributed by atoms with Gasteiger partial charge in [-0.2, -0.15) is 0 Å². The highest BCUT2D eigenvalue weighted by Gasteiger charge is 2.41. The molecular formula is C18H20N4O. The fourth-order valence-corrected chi connectivity index (χ4v) is 3.63. The molecule has 0 saturated carbocycles. The number of nitrogens with zero attached hydrogens (tertiary/aromatic N) is 2. The van der Waals surface area contributed by atoms with Crippen LogP contribution in [0.4, 0.5) is 0 Å². The first-order valence-electron chi connectivity index (χ1n) is 8.09. The zero-order valence-electron chi connectivity index (χ0n) is 12.9. The maximum atomic E-state index is 12.7. The summed E-state index contributed by atoms with van der Waals surface area (Å²) in [6.45, 7) is 1.52. The van der Waals surface area contributed by atoms with Crippen LogP contribution in [-0.2, 0) is 0 Å². The number of likely N-dealkylation sites (tertiary alicyclic amines) is 1. The number of pyridine rings is 1. The van der Waals surface area contributed by atoms with Gasteiger partial charge in [0.05, 0.1) is 6.04 Å². The molecule has 118 valence electrons. The smallest absolute Gasteiger partial charge is 0.272 e. The summed E-state index contributed by atoms with van der Waals surface area (Å²) >= 11 is 0. The lowest BCUT2D eigenvalue weighted by Crippen LogP contribution is -2.48. The molecule has 1 amide bonds. The van der Waals surface area contributed by atoms with Crippen molar-refractivity contribution in [2.75, 3.05) is 13.1 Å². The third-order valence-corrected chi connectivity index (χ3v) is 4.84. The average molecular weight is 308 g/mol. The molecule has 3 unspecified atom stereocenters. The van der Waals surface area contributed by atoms with Gasteiger partial charge in [0.15, 0.2) is 0 Å². The Morgan fingerprint density at radius 1 is 1.09 bits per heavy atom. The van der Waals surface area contributed by atoms with Gasteiger partial charge in [-0.05, 0) is 24.1 Å². The van der Waals surface area contributed by atoms with Crippen molar-refractivity contribution < 1.29 is 4.79 Å². The molecule has 2 aliphatic heterocycles. The molecule has 4 rings (SSSR count). The number of aromatic nitrogens is 1. The summed E-state index contributed by atoms with van der Waals surface area (Å²) in [5, 5.41) is 0. The molecule has 5 nitrogen and oxygen atoms in total. The fraction of sp³-hybridized carbons (Fsp3) is 0.333. The first-order chi connectivity index (χ1) is 11.3. The molecule has 2 saturated heterocycles. The molecular weight excluding hydrogens is 288 g/mol. The normalized spacial score (nSPS) is 26.8. The first-order valence-corrected chi connectivity index (χ1v) is 8.09. The molecule has 0 spiro atoms. The lowest BCUT2D eigenvalue weighted by Gasteiger charge is -2.36. The summed E-state index contributed by atoms with van der Waals surface area (Å²) in [6.07, 6.45) is 2.63. The van der Waals surface area contributed by atoms with Gasteiger partial charge in [0.25, 0.3) is 5.91 Å². The Kier molecular flexibility index (Phi) is 3.81. The molecule has 2 aliphatic rings. The number of fused-ring (bicyclic) bond motifs is 1. The van der Waals surface area contributed by atoms with Gasteiger partial charge in [0.1, 0.15) is 5.69 Å². The number of hydrazine groups is 1. The van der Waals surface area contributed by atoms with Gasteiger partial charge in [-0.25, -0.2) is 5.43 Å². The van der Waals surface area contributed by atoms with E-state index in [2.05, 4.69) is 40.1 Å². The fourth-order valence-electron chi connectivity index (χ4n) is 3.63. The number of piperidine rings is 1. The highest BCUT2D eigenvalue weighted by Crippen LogP contribution is 2.33. The number of amides is 1. The van der Waals surface area contributed by atoms with Gasteiger partial charge < -0.3 is 4.90 Å². The summed E-state index contributed by atoms with van der Waals surface area (Å²) in [4.78, 5) is 18.8. The molecule has 0 aliphatic carbocycles. The molecule has 2 N–H and O–H groups in total. The molecule has 3 atom stereocenters. The minimum absolute atomic E-state index is 0.0303. The van der Waals surface area contributed by atoms with E-state index in [1.807, 2.05) is 23.1 Å². The van der Waals surface area contributed by atoms with Gasteiger partial charge >= 0.3 is 0 Å². The molecule has 3 heterocycles. The average Bonchev–Trinajstić information content (AvgIpc) is 3.05. The number of nitrogens with one attached hydrogen (secondary N) is 2. The van der Waals surface area contributed by atoms with E-state index < -0.39 is 0 Å². The quantitative estimate of drug-likeness (QED) is 0.888. The van der Waals surface area contributed by atoms with Crippen molar-refractivity contribution in [2.24, 2.45) is 5.92 Å². The number of carbonyl (C=O) groups is 1. The van der Waals surface area contributed by atoms with Gasteiger partial charge in [-0.1, -0.05) is 36.4 Å². The molecule has 0 bridgehead atoms. The lowest BCUT2D eigenvalue weighted by molar-refractivity contribution is 0.0646. The number of carbonyl (C=O) groups excluding carboxylic acids is 1. The second-order valence-electron chi connectivity index (χ2n) is 6.20. The maximum absolute atomic E-state index is 12.7. The predicted octanol–water partition coefficient (Wildman–Crippen LogP) is 1.76. The first kappa shape index (κ1) is 14.4. The second kappa shape index (κ2) is 6.10. The zero-order valence-corrected chi connectivity index (χ0v) is 12.9. The molecule has 2 fully saturated rings. The number of benzene rings is 1. The topological polar surface area (TPSA) is 57.3 Å². The summed E-state index contributed by atoms with van der Waals surface area (Å²) in [6, 6.07) is 16.6. The van der Waals surface area contributed by atoms with E-state index in [0.717, 1.165) is 19.5 Å². The third-order valence-electron chi connectivity index (χ3n) is 4.84. The molecule has 5 heteroatoms. The van der Waals surface area contributed by atoms with Crippen LogP contribution >= 0.6 is 0 Å². The van der Waals surface area contributed by atoms with Gasteiger partial charge in [0, 0.05) is 31.2 Å². The predicted molar refractivity (Wildman–Crippen MR) is 87.5 cm³/mol. The number of hydrogen-bond donors (Lipinski definition) is 2. The van der Waals surface area contributed by atoms with E-state index in [-0.39, 0.29) is 11.9 Å². The van der Waals surface area contributed by atoms with E-state index in [1.54, 1.807) is 12.3 Å². The largest absolute Gasteiger partial charge is 0.337 e. The Balaban J connectivity index is 1.53. The van der Waals surface area contributed by atoms with Crippen LogP contribution in [0.15, 0.2) is 54.7 Å². The SMILES string of the molecule is O=C(c1ccccn1)N1CCC2NNC(c3ccccc3)C2C1. The lowest BCUT2D eigenvalue weighted by atomic mass is 9.85. The highest BCUT2D eigenvalue weighted by molar-refractivity contribution is 5.92. The van der Waals surface area contributed by atoms with Crippen LogP contribution in [0, 0.1) is 5.92 Å². The van der Waals surface area contributed by atoms with E-state index in [4.69, 9.17) is 0 Å². The zero-order chi connectivity index (χ0) is 15.6. The summed E-state index contributed by atoms with van der Waals surface area (Å²) < 4.78 is 0. The van der Waals surface area contributed by atoms with Crippen LogP contribution in [0.1, 0.15) is 28.5 Å². The molecule has 1 aromatic heterocycles. The minimum atomic E-state index is 0.0303. The van der Waals surface area contributed by atoms with Crippen LogP contribution in [0.3, 0.4) is 0 Å². The van der Waals surface area contributed by atoms with E-state index >= 15 is 0 Å². The van der Waals surface area contributed by atoms with Crippen molar-refractivity contribution in [3.63, 3.8) is 0 Å². The molecule has 23 heavy (non-hydrogen) atoms. The van der Waals surface area contributed by atoms with Crippen molar-refractivity contribution in [3.05, 3.63) is 66.0 Å². The van der Waals surface area contributed by atoms with Crippen molar-refractivity contribution in [2.45, 2.75) is 18.5 Å². The van der Waals surface area contributed by atoms with Crippen molar-refractivity contribution in [1.29, 1.82) is 0 Å². The minimum Gasteiger partial charge on any atom is -0.337 e. The van der Waals surface area contributed by atoms with Gasteiger partial charge in [-0.3, -0.25) is 15.2 Å². The Hall–Kier alpha value is -2.24. The third kappa shape index (κ3) is 2.73. The van der Waals surface area contributed by atoms with Gasteiger partial charge in [0.2, 0.25) is 0 Å². The Bertz CT molecular complexity index is 676. The van der Waals surface area contributed by atoms with E-state index in [1.165, 1.54) is 5.56 Å². The van der Waals surface area contributed by atoms with Crippen molar-refractivity contribution in [1.82, 2.24) is 20.7 Å². The summed E-state index contributed by atoms with van der Waals surface area (Å²) in [5.74, 6) is 0.404. The molecule has 2 aromatic rings. The Morgan fingerprint density at radius 3 is 2.70 bits per heavy atom. The van der Waals surface area contributed by atoms with Crippen LogP contribution in [0.25, 0.3) is 0 Å². The van der Waals surface area contributed by atoms with Crippen LogP contribution in [0.5, 0.6) is 0 Å². The summed E-state index contributed by atoms with van der Waals surface area (Å²) in [7, 11) is 0. The van der Waals surface area contributed by atoms with Crippen LogP contribution in [-0.4, -0.2) is 34.9 Å². The van der Waals surface area contributed by atoms with Crippen molar-refractivity contribution in [3.8, 4) is 0 Å². The highest BCUT2D eigenvalue weighted by atomic mass is 16.2. The number of hydrogen-bond acceptors (Lipinski definition) is 4. The van der Waals surface area contributed by atoms with Crippen molar-refractivity contribution >= 4 is 5.91 Å². The summed E-state index contributed by atoms with van der Waals surface area (Å²) in [5.41, 5.74) is 8.61. The standard InChI is InChI=1S/C18H20N4O/c23-18(16-8-4-5-10-19-16)22-11-9-15-14(12-22)17(21-20-15)13-6-2-1-3-7-13/h1-8,10,14-15,17,20-21H,9,11-12H2. The van der Waals surface area contributed by atoms with Gasteiger partial charge in [-0.15, -0.1) is 0 Å². The maximum Gasteiger partial charge on any atom is 0.272 e.